The van der Waals surface area contributed by atoms with Crippen LogP contribution in [0.3, 0.4) is 0 Å². The predicted molar refractivity (Wildman–Crippen MR) is 102 cm³/mol. The number of imide groups is 1. The Morgan fingerprint density at radius 2 is 1.63 bits per heavy atom. The number of hydrogen-bond acceptors (Lipinski definition) is 4. The van der Waals surface area contributed by atoms with E-state index in [0.29, 0.717) is 23.6 Å². The summed E-state index contributed by atoms with van der Waals surface area (Å²) >= 11 is 0. The summed E-state index contributed by atoms with van der Waals surface area (Å²) in [5, 5.41) is 0. The van der Waals surface area contributed by atoms with Gasteiger partial charge in [0.15, 0.2) is 5.78 Å². The summed E-state index contributed by atoms with van der Waals surface area (Å²) < 4.78 is 5.65. The number of hydrogen-bond donors (Lipinski definition) is 0. The van der Waals surface area contributed by atoms with E-state index in [0.717, 1.165) is 0 Å². The van der Waals surface area contributed by atoms with E-state index in [4.69, 9.17) is 4.74 Å². The smallest absolute Gasteiger partial charge is 0.238 e. The normalized spacial score (nSPS) is 28.1. The third-order valence-electron chi connectivity index (χ3n) is 5.90. The highest BCUT2D eigenvalue weighted by molar-refractivity contribution is 6.24. The molecule has 0 unspecified atom stereocenters. The van der Waals surface area contributed by atoms with Crippen LogP contribution in [0.4, 0.5) is 5.69 Å². The van der Waals surface area contributed by atoms with E-state index < -0.39 is 0 Å². The number of rotatable bonds is 4. The third kappa shape index (κ3) is 2.41. The molecule has 1 saturated carbocycles. The Hall–Kier alpha value is -2.69. The average molecular weight is 365 g/mol. The van der Waals surface area contributed by atoms with Crippen molar-refractivity contribution in [3.05, 3.63) is 47.1 Å². The van der Waals surface area contributed by atoms with Crippen molar-refractivity contribution in [2.75, 3.05) is 11.5 Å². The van der Waals surface area contributed by atoms with Crippen molar-refractivity contribution >= 4 is 23.3 Å². The van der Waals surface area contributed by atoms with Crippen molar-refractivity contribution in [1.82, 2.24) is 0 Å². The van der Waals surface area contributed by atoms with E-state index in [2.05, 4.69) is 12.2 Å². The first-order valence-corrected chi connectivity index (χ1v) is 9.38. The molecule has 0 N–H and O–H groups in total. The van der Waals surface area contributed by atoms with Gasteiger partial charge in [0, 0.05) is 17.4 Å². The van der Waals surface area contributed by atoms with Crippen LogP contribution < -0.4 is 9.64 Å². The number of benzene rings is 1. The van der Waals surface area contributed by atoms with Gasteiger partial charge in [0.05, 0.1) is 24.1 Å². The van der Waals surface area contributed by atoms with Gasteiger partial charge in [-0.05, 0) is 45.9 Å². The number of nitrogens with zero attached hydrogens (tertiary/aromatic N) is 1. The maximum atomic E-state index is 13.3. The number of ketones is 1. The fourth-order valence-corrected chi connectivity index (χ4v) is 4.86. The van der Waals surface area contributed by atoms with E-state index in [1.165, 1.54) is 23.0 Å². The lowest BCUT2D eigenvalue weighted by molar-refractivity contribution is -0.123. The molecule has 140 valence electrons. The molecule has 1 aromatic carbocycles. The zero-order valence-electron chi connectivity index (χ0n) is 16.0. The summed E-state index contributed by atoms with van der Waals surface area (Å²) in [6.07, 6.45) is 4.14. The molecule has 4 rings (SSSR count). The summed E-state index contributed by atoms with van der Waals surface area (Å²) in [5.74, 6) is -0.764. The lowest BCUT2D eigenvalue weighted by Crippen LogP contribution is -2.33. The quantitative estimate of drug-likeness (QED) is 0.465. The van der Waals surface area contributed by atoms with Gasteiger partial charge in [0.25, 0.3) is 0 Å². The van der Waals surface area contributed by atoms with E-state index in [9.17, 15) is 14.4 Å². The van der Waals surface area contributed by atoms with Gasteiger partial charge < -0.3 is 4.74 Å². The number of Topliss-reactive ketones (excluding diaryl/α,β-unsaturated/α-hetero) is 1. The number of carbonyl (C=O) groups is 3. The Balaban J connectivity index is 1.79. The largest absolute Gasteiger partial charge is 0.492 e. The molecule has 2 amide bonds. The second-order valence-corrected chi connectivity index (χ2v) is 7.63. The van der Waals surface area contributed by atoms with E-state index in [1.807, 2.05) is 20.8 Å². The zero-order valence-corrected chi connectivity index (χ0v) is 16.0. The molecule has 0 spiro atoms. The molecule has 1 heterocycles. The molecule has 3 aliphatic rings. The van der Waals surface area contributed by atoms with E-state index in [-0.39, 0.29) is 41.3 Å². The first-order chi connectivity index (χ1) is 12.9. The van der Waals surface area contributed by atoms with Crippen LogP contribution in [0.15, 0.2) is 41.5 Å². The number of fused-ring (bicyclic) bond motifs is 5. The lowest BCUT2D eigenvalue weighted by atomic mass is 9.85. The first kappa shape index (κ1) is 17.7. The zero-order chi connectivity index (χ0) is 19.5. The molecular weight excluding hydrogens is 342 g/mol. The SMILES string of the molecule is CCOc1ccc(C(C)=O)cc1N1C(=O)[C@@H]2[C@H](C1=O)[C@@H]1C=C[C@H]2C1=C(C)C. The van der Waals surface area contributed by atoms with Crippen LogP contribution in [0.1, 0.15) is 38.1 Å². The Morgan fingerprint density at radius 3 is 2.11 bits per heavy atom. The molecule has 1 aromatic rings. The Labute approximate surface area is 158 Å². The molecule has 2 aliphatic carbocycles. The standard InChI is InChI=1S/C22H23NO4/c1-5-27-17-9-6-13(12(4)24)10-16(17)23-21(25)19-14-7-8-15(18(14)11(2)3)20(19)22(23)26/h6-10,14-15,19-20H,5H2,1-4H3/t14-,15+,19-,20+. The van der Waals surface area contributed by atoms with Gasteiger partial charge in [0.2, 0.25) is 11.8 Å². The minimum absolute atomic E-state index is 0.00187. The molecule has 1 aliphatic heterocycles. The number of carbonyl (C=O) groups excluding carboxylic acids is 3. The van der Waals surface area contributed by atoms with Crippen molar-refractivity contribution < 1.29 is 19.1 Å². The molecule has 27 heavy (non-hydrogen) atoms. The molecule has 5 heteroatoms. The van der Waals surface area contributed by atoms with Crippen LogP contribution >= 0.6 is 0 Å². The highest BCUT2D eigenvalue weighted by atomic mass is 16.5. The molecular formula is C22H23NO4. The van der Waals surface area contributed by atoms with E-state index in [1.54, 1.807) is 18.2 Å². The van der Waals surface area contributed by atoms with Crippen molar-refractivity contribution in [1.29, 1.82) is 0 Å². The lowest BCUT2D eigenvalue weighted by Gasteiger charge is -2.22. The average Bonchev–Trinajstić information content (AvgIpc) is 3.26. The fourth-order valence-electron chi connectivity index (χ4n) is 4.86. The second kappa shape index (κ2) is 6.19. The minimum atomic E-state index is -0.354. The van der Waals surface area contributed by atoms with Crippen molar-refractivity contribution in [3.8, 4) is 5.75 Å². The Kier molecular flexibility index (Phi) is 4.06. The molecule has 1 saturated heterocycles. The van der Waals surface area contributed by atoms with Gasteiger partial charge >= 0.3 is 0 Å². The Bertz CT molecular complexity index is 888. The number of anilines is 1. The van der Waals surface area contributed by atoms with Gasteiger partial charge in [-0.2, -0.15) is 0 Å². The summed E-state index contributed by atoms with van der Waals surface area (Å²) in [6.45, 7) is 7.80. The van der Waals surface area contributed by atoms with Gasteiger partial charge in [-0.3, -0.25) is 14.4 Å². The second-order valence-electron chi connectivity index (χ2n) is 7.63. The maximum Gasteiger partial charge on any atom is 0.238 e. The van der Waals surface area contributed by atoms with Crippen LogP contribution in [0, 0.1) is 23.7 Å². The topological polar surface area (TPSA) is 63.7 Å². The van der Waals surface area contributed by atoms with Crippen LogP contribution in [-0.4, -0.2) is 24.2 Å². The number of allylic oxidation sites excluding steroid dienone is 4. The summed E-state index contributed by atoms with van der Waals surface area (Å²) in [6, 6.07) is 4.93. The third-order valence-corrected chi connectivity index (χ3v) is 5.90. The Morgan fingerprint density at radius 1 is 1.04 bits per heavy atom. The fraction of sp³-hybridized carbons (Fsp3) is 0.409. The molecule has 0 radical (unpaired) electrons. The highest BCUT2D eigenvalue weighted by Crippen LogP contribution is 2.57. The molecule has 4 atom stereocenters. The van der Waals surface area contributed by atoms with Crippen molar-refractivity contribution in [2.45, 2.75) is 27.7 Å². The molecule has 5 nitrogen and oxygen atoms in total. The van der Waals surface area contributed by atoms with E-state index >= 15 is 0 Å². The molecule has 0 aromatic heterocycles. The van der Waals surface area contributed by atoms with Gasteiger partial charge in [-0.15, -0.1) is 0 Å². The van der Waals surface area contributed by atoms with Gasteiger partial charge in [-0.25, -0.2) is 4.90 Å². The number of ether oxygens (including phenoxy) is 1. The minimum Gasteiger partial charge on any atom is -0.492 e. The predicted octanol–water partition coefficient (Wildman–Crippen LogP) is 3.55. The van der Waals surface area contributed by atoms with Gasteiger partial charge in [0.1, 0.15) is 5.75 Å². The number of amides is 2. The highest BCUT2D eigenvalue weighted by Gasteiger charge is 2.62. The first-order valence-electron chi connectivity index (χ1n) is 9.38. The maximum absolute atomic E-state index is 13.3. The summed E-state index contributed by atoms with van der Waals surface area (Å²) in [5.41, 5.74) is 3.24. The van der Waals surface area contributed by atoms with Crippen LogP contribution in [0.5, 0.6) is 5.75 Å². The van der Waals surface area contributed by atoms with Crippen molar-refractivity contribution in [3.63, 3.8) is 0 Å². The summed E-state index contributed by atoms with van der Waals surface area (Å²) in [7, 11) is 0. The van der Waals surface area contributed by atoms with Crippen LogP contribution in [-0.2, 0) is 9.59 Å². The molecule has 2 bridgehead atoms. The van der Waals surface area contributed by atoms with Crippen LogP contribution in [0.25, 0.3) is 0 Å². The molecule has 2 fully saturated rings. The van der Waals surface area contributed by atoms with Gasteiger partial charge in [-0.1, -0.05) is 23.3 Å². The monoisotopic (exact) mass is 365 g/mol. The summed E-state index contributed by atoms with van der Waals surface area (Å²) in [4.78, 5) is 39.7. The van der Waals surface area contributed by atoms with Crippen LogP contribution in [0.2, 0.25) is 0 Å². The van der Waals surface area contributed by atoms with Crippen molar-refractivity contribution in [2.24, 2.45) is 23.7 Å².